The first-order valence-electron chi connectivity index (χ1n) is 7.80. The fourth-order valence-electron chi connectivity index (χ4n) is 3.07. The molecule has 0 amide bonds. The molecule has 0 unspecified atom stereocenters. The molecule has 1 aliphatic rings. The number of hydrogen-bond acceptors (Lipinski definition) is 6. The summed E-state index contributed by atoms with van der Waals surface area (Å²) in [6, 6.07) is 5.97. The van der Waals surface area contributed by atoms with Crippen LogP contribution in [0, 0.1) is 6.92 Å². The lowest BCUT2D eigenvalue weighted by Crippen LogP contribution is -2.35. The molecule has 3 aromatic rings. The number of pyridine rings is 1. The highest BCUT2D eigenvalue weighted by atomic mass is 16.5. The van der Waals surface area contributed by atoms with Crippen LogP contribution in [0.25, 0.3) is 11.5 Å². The van der Waals surface area contributed by atoms with Crippen molar-refractivity contribution in [2.75, 3.05) is 18.0 Å². The van der Waals surface area contributed by atoms with E-state index in [1.54, 1.807) is 6.20 Å². The van der Waals surface area contributed by atoms with E-state index in [2.05, 4.69) is 36.3 Å². The summed E-state index contributed by atoms with van der Waals surface area (Å²) < 4.78 is 5.25. The maximum absolute atomic E-state index is 5.25. The Hall–Kier alpha value is -2.70. The number of nitrogens with one attached hydrogen (secondary N) is 1. The van der Waals surface area contributed by atoms with Crippen molar-refractivity contribution in [3.8, 4) is 11.5 Å². The van der Waals surface area contributed by atoms with E-state index in [1.165, 1.54) is 12.1 Å². The second-order valence-electron chi connectivity index (χ2n) is 5.85. The van der Waals surface area contributed by atoms with Gasteiger partial charge in [-0.05, 0) is 38.0 Å². The van der Waals surface area contributed by atoms with Crippen molar-refractivity contribution < 1.29 is 4.52 Å². The van der Waals surface area contributed by atoms with Crippen molar-refractivity contribution >= 4 is 5.82 Å². The highest BCUT2D eigenvalue weighted by molar-refractivity contribution is 5.58. The molecular weight excluding hydrogens is 292 g/mol. The van der Waals surface area contributed by atoms with Gasteiger partial charge in [0, 0.05) is 42.7 Å². The van der Waals surface area contributed by atoms with Crippen LogP contribution < -0.4 is 4.90 Å². The van der Waals surface area contributed by atoms with Crippen molar-refractivity contribution in [3.63, 3.8) is 0 Å². The highest BCUT2D eigenvalue weighted by Gasteiger charge is 2.23. The summed E-state index contributed by atoms with van der Waals surface area (Å²) in [7, 11) is 0. The van der Waals surface area contributed by atoms with E-state index in [-0.39, 0.29) is 0 Å². The Labute approximate surface area is 133 Å². The summed E-state index contributed by atoms with van der Waals surface area (Å²) >= 11 is 0. The first kappa shape index (κ1) is 13.9. The van der Waals surface area contributed by atoms with Crippen molar-refractivity contribution in [3.05, 3.63) is 42.1 Å². The fraction of sp³-hybridized carbons (Fsp3) is 0.375. The minimum atomic E-state index is 0.461. The summed E-state index contributed by atoms with van der Waals surface area (Å²) in [6.45, 7) is 3.75. The maximum Gasteiger partial charge on any atom is 0.258 e. The van der Waals surface area contributed by atoms with Gasteiger partial charge in [0.2, 0.25) is 0 Å². The normalized spacial score (nSPS) is 18.3. The zero-order chi connectivity index (χ0) is 15.6. The molecule has 118 valence electrons. The van der Waals surface area contributed by atoms with Gasteiger partial charge in [-0.2, -0.15) is 10.1 Å². The summed E-state index contributed by atoms with van der Waals surface area (Å²) in [5.74, 6) is 2.58. The zero-order valence-corrected chi connectivity index (χ0v) is 12.9. The maximum atomic E-state index is 5.25. The van der Waals surface area contributed by atoms with Crippen LogP contribution in [-0.4, -0.2) is 38.4 Å². The number of rotatable bonds is 3. The van der Waals surface area contributed by atoms with Gasteiger partial charge in [-0.1, -0.05) is 5.16 Å². The number of piperidine rings is 1. The molecule has 4 rings (SSSR count). The van der Waals surface area contributed by atoms with Gasteiger partial charge in [-0.3, -0.25) is 5.10 Å². The Kier molecular flexibility index (Phi) is 3.53. The zero-order valence-electron chi connectivity index (χ0n) is 12.9. The smallest absolute Gasteiger partial charge is 0.258 e. The average molecular weight is 310 g/mol. The molecule has 1 saturated heterocycles. The van der Waals surface area contributed by atoms with E-state index in [4.69, 9.17) is 4.52 Å². The number of nitrogens with zero attached hydrogens (tertiary/aromatic N) is 5. The Bertz CT molecular complexity index is 781. The van der Waals surface area contributed by atoms with Gasteiger partial charge in [0.1, 0.15) is 5.82 Å². The minimum Gasteiger partial charge on any atom is -0.356 e. The van der Waals surface area contributed by atoms with E-state index in [0.29, 0.717) is 17.6 Å². The average Bonchev–Trinajstić information content (AvgIpc) is 3.27. The van der Waals surface area contributed by atoms with Gasteiger partial charge in [-0.25, -0.2) is 4.98 Å². The Balaban J connectivity index is 1.58. The lowest BCUT2D eigenvalue weighted by atomic mass is 9.95. The molecule has 0 aromatic carbocycles. The largest absolute Gasteiger partial charge is 0.356 e. The van der Waals surface area contributed by atoms with E-state index >= 15 is 0 Å². The monoisotopic (exact) mass is 310 g/mol. The van der Waals surface area contributed by atoms with E-state index in [0.717, 1.165) is 30.9 Å². The van der Waals surface area contributed by atoms with Crippen LogP contribution >= 0.6 is 0 Å². The third-order valence-electron chi connectivity index (χ3n) is 4.23. The number of aromatic nitrogens is 5. The standard InChI is InChI=1S/C16H18N6O/c1-11-19-16(23-21-11)12-4-6-17-15(9-12)22-8-2-3-13(10-22)14-5-7-18-20-14/h4-7,9,13H,2-3,8,10H2,1H3,(H,18,20)/t13-/m0/s1. The Morgan fingerprint density at radius 3 is 3.04 bits per heavy atom. The van der Waals surface area contributed by atoms with Crippen LogP contribution in [0.3, 0.4) is 0 Å². The van der Waals surface area contributed by atoms with Crippen LogP contribution in [0.2, 0.25) is 0 Å². The Morgan fingerprint density at radius 1 is 1.30 bits per heavy atom. The summed E-state index contributed by atoms with van der Waals surface area (Å²) in [4.78, 5) is 11.1. The molecule has 0 spiro atoms. The van der Waals surface area contributed by atoms with E-state index in [1.807, 2.05) is 25.3 Å². The van der Waals surface area contributed by atoms with Gasteiger partial charge in [0.05, 0.1) is 0 Å². The van der Waals surface area contributed by atoms with Crippen molar-refractivity contribution in [2.45, 2.75) is 25.7 Å². The molecule has 23 heavy (non-hydrogen) atoms. The highest BCUT2D eigenvalue weighted by Crippen LogP contribution is 2.29. The number of aryl methyl sites for hydroxylation is 1. The van der Waals surface area contributed by atoms with Gasteiger partial charge in [0.25, 0.3) is 5.89 Å². The SMILES string of the molecule is Cc1noc(-c2ccnc(N3CCC[C@H](c4ccn[nH]4)C3)c2)n1. The number of aromatic amines is 1. The Morgan fingerprint density at radius 2 is 2.26 bits per heavy atom. The number of anilines is 1. The summed E-state index contributed by atoms with van der Waals surface area (Å²) in [5.41, 5.74) is 2.10. The van der Waals surface area contributed by atoms with Gasteiger partial charge in [0.15, 0.2) is 5.82 Å². The molecule has 0 bridgehead atoms. The molecule has 1 atom stereocenters. The second kappa shape index (κ2) is 5.83. The quantitative estimate of drug-likeness (QED) is 0.800. The first-order valence-corrected chi connectivity index (χ1v) is 7.80. The molecule has 1 N–H and O–H groups in total. The molecule has 1 fully saturated rings. The third kappa shape index (κ3) is 2.81. The molecule has 3 aromatic heterocycles. The number of hydrogen-bond donors (Lipinski definition) is 1. The van der Waals surface area contributed by atoms with Crippen molar-refractivity contribution in [1.82, 2.24) is 25.3 Å². The summed E-state index contributed by atoms with van der Waals surface area (Å²) in [6.07, 6.45) is 5.91. The molecule has 4 heterocycles. The van der Waals surface area contributed by atoms with Crippen LogP contribution in [0.5, 0.6) is 0 Å². The van der Waals surface area contributed by atoms with Crippen LogP contribution in [0.15, 0.2) is 35.1 Å². The van der Waals surface area contributed by atoms with Crippen LogP contribution in [-0.2, 0) is 0 Å². The third-order valence-corrected chi connectivity index (χ3v) is 4.23. The molecular formula is C16H18N6O. The molecule has 0 aliphatic carbocycles. The molecule has 1 aliphatic heterocycles. The van der Waals surface area contributed by atoms with Crippen molar-refractivity contribution in [2.24, 2.45) is 0 Å². The predicted octanol–water partition coefficient (Wildman–Crippen LogP) is 2.55. The lowest BCUT2D eigenvalue weighted by Gasteiger charge is -2.33. The number of H-pyrrole nitrogens is 1. The van der Waals surface area contributed by atoms with Gasteiger partial charge in [-0.15, -0.1) is 0 Å². The predicted molar refractivity (Wildman–Crippen MR) is 85.0 cm³/mol. The van der Waals surface area contributed by atoms with E-state index < -0.39 is 0 Å². The molecule has 7 nitrogen and oxygen atoms in total. The molecule has 0 saturated carbocycles. The van der Waals surface area contributed by atoms with Crippen LogP contribution in [0.4, 0.5) is 5.82 Å². The second-order valence-corrected chi connectivity index (χ2v) is 5.85. The van der Waals surface area contributed by atoms with Gasteiger partial charge < -0.3 is 9.42 Å². The van der Waals surface area contributed by atoms with Gasteiger partial charge >= 0.3 is 0 Å². The minimum absolute atomic E-state index is 0.461. The summed E-state index contributed by atoms with van der Waals surface area (Å²) in [5, 5.41) is 11.0. The first-order chi connectivity index (χ1) is 11.3. The van der Waals surface area contributed by atoms with E-state index in [9.17, 15) is 0 Å². The lowest BCUT2D eigenvalue weighted by molar-refractivity contribution is 0.425. The van der Waals surface area contributed by atoms with Crippen LogP contribution in [0.1, 0.15) is 30.3 Å². The van der Waals surface area contributed by atoms with Crippen molar-refractivity contribution in [1.29, 1.82) is 0 Å². The topological polar surface area (TPSA) is 83.7 Å². The fourth-order valence-corrected chi connectivity index (χ4v) is 3.07. The molecule has 0 radical (unpaired) electrons. The molecule has 7 heteroatoms.